The Hall–Kier alpha value is -4.39. The highest BCUT2D eigenvalue weighted by Gasteiger charge is 2.17. The van der Waals surface area contributed by atoms with Crippen LogP contribution in [0.25, 0.3) is 16.9 Å². The molecule has 0 unspecified atom stereocenters. The van der Waals surface area contributed by atoms with Crippen LogP contribution < -0.4 is 10.1 Å². The third kappa shape index (κ3) is 5.41. The van der Waals surface area contributed by atoms with Gasteiger partial charge in [0.25, 0.3) is 5.91 Å². The van der Waals surface area contributed by atoms with E-state index in [4.69, 9.17) is 14.6 Å². The lowest BCUT2D eigenvalue weighted by atomic mass is 9.99. The van der Waals surface area contributed by atoms with E-state index in [1.54, 1.807) is 28.9 Å². The molecule has 0 aliphatic carbocycles. The van der Waals surface area contributed by atoms with Crippen molar-refractivity contribution in [3.05, 3.63) is 95.1 Å². The van der Waals surface area contributed by atoms with Gasteiger partial charge >= 0.3 is 5.97 Å². The highest BCUT2D eigenvalue weighted by molar-refractivity contribution is 5.95. The van der Waals surface area contributed by atoms with Gasteiger partial charge in [-0.3, -0.25) is 4.79 Å². The zero-order valence-electron chi connectivity index (χ0n) is 20.2. The first-order chi connectivity index (χ1) is 16.9. The number of aromatic nitrogens is 2. The van der Waals surface area contributed by atoms with Gasteiger partial charge in [0, 0.05) is 11.6 Å². The number of esters is 1. The van der Waals surface area contributed by atoms with E-state index in [-0.39, 0.29) is 0 Å². The van der Waals surface area contributed by atoms with Crippen LogP contribution in [-0.4, -0.2) is 35.4 Å². The zero-order valence-corrected chi connectivity index (χ0v) is 20.2. The topological polar surface area (TPSA) is 82.4 Å². The first-order valence-corrected chi connectivity index (χ1v) is 11.2. The lowest BCUT2D eigenvalue weighted by molar-refractivity contribution is -0.119. The van der Waals surface area contributed by atoms with Gasteiger partial charge in [-0.25, -0.2) is 9.48 Å². The number of carbonyl (C=O) groups is 2. The van der Waals surface area contributed by atoms with Gasteiger partial charge in [0.2, 0.25) is 0 Å². The van der Waals surface area contributed by atoms with Crippen LogP contribution in [0.3, 0.4) is 0 Å². The number of ether oxygens (including phenoxy) is 2. The number of rotatable bonds is 7. The molecule has 1 heterocycles. The van der Waals surface area contributed by atoms with Crippen LogP contribution in [0, 0.1) is 20.8 Å². The number of hydrogen-bond donors (Lipinski definition) is 1. The van der Waals surface area contributed by atoms with Gasteiger partial charge in [0.15, 0.2) is 6.61 Å². The Balaban J connectivity index is 1.57. The molecule has 1 amide bonds. The van der Waals surface area contributed by atoms with Crippen LogP contribution >= 0.6 is 0 Å². The molecule has 0 saturated heterocycles. The van der Waals surface area contributed by atoms with Gasteiger partial charge in [0.1, 0.15) is 11.6 Å². The minimum absolute atomic E-state index is 0.305. The van der Waals surface area contributed by atoms with Crippen molar-refractivity contribution in [2.45, 2.75) is 20.8 Å². The van der Waals surface area contributed by atoms with Crippen molar-refractivity contribution in [1.82, 2.24) is 9.78 Å². The van der Waals surface area contributed by atoms with Crippen molar-refractivity contribution in [3.8, 4) is 22.7 Å². The van der Waals surface area contributed by atoms with E-state index in [0.717, 1.165) is 28.1 Å². The number of para-hydroxylation sites is 1. The van der Waals surface area contributed by atoms with Crippen LogP contribution in [0.1, 0.15) is 27.0 Å². The maximum Gasteiger partial charge on any atom is 0.338 e. The Bertz CT molecular complexity index is 1380. The fraction of sp³-hybridized carbons (Fsp3) is 0.179. The van der Waals surface area contributed by atoms with Crippen LogP contribution in [0.2, 0.25) is 0 Å². The van der Waals surface area contributed by atoms with E-state index >= 15 is 0 Å². The predicted molar refractivity (Wildman–Crippen MR) is 135 cm³/mol. The molecule has 35 heavy (non-hydrogen) atoms. The molecule has 0 spiro atoms. The number of nitrogens with one attached hydrogen (secondary N) is 1. The molecule has 1 aromatic heterocycles. The number of amides is 1. The second-order valence-corrected chi connectivity index (χ2v) is 8.27. The predicted octanol–water partition coefficient (Wildman–Crippen LogP) is 5.27. The monoisotopic (exact) mass is 469 g/mol. The average Bonchev–Trinajstić information content (AvgIpc) is 3.28. The number of benzene rings is 3. The molecule has 0 aliphatic rings. The van der Waals surface area contributed by atoms with Crippen LogP contribution in [0.4, 0.5) is 5.82 Å². The maximum absolute atomic E-state index is 12.7. The third-order valence-electron chi connectivity index (χ3n) is 5.73. The molecule has 4 rings (SSSR count). The minimum atomic E-state index is -0.609. The standard InChI is InChI=1S/C28H27N3O4/c1-18-13-20(3)24(14-19(18)2)25-16-26(31(30-25)22-10-6-5-7-11-22)29-27(32)17-35-28(33)21-9-8-12-23(15-21)34-4/h5-16H,17H2,1-4H3,(H,29,32). The first-order valence-electron chi connectivity index (χ1n) is 11.2. The summed E-state index contributed by atoms with van der Waals surface area (Å²) in [5.74, 6) is -0.0696. The molecule has 7 nitrogen and oxygen atoms in total. The maximum atomic E-state index is 12.7. The summed E-state index contributed by atoms with van der Waals surface area (Å²) in [5, 5.41) is 7.61. The first kappa shape index (κ1) is 23.8. The number of nitrogens with zero attached hydrogens (tertiary/aromatic N) is 2. The molecule has 178 valence electrons. The van der Waals surface area contributed by atoms with E-state index in [9.17, 15) is 9.59 Å². The molecule has 1 N–H and O–H groups in total. The Morgan fingerprint density at radius 3 is 2.37 bits per heavy atom. The fourth-order valence-electron chi connectivity index (χ4n) is 3.75. The molecule has 0 radical (unpaired) electrons. The van der Waals surface area contributed by atoms with Gasteiger partial charge in [-0.15, -0.1) is 0 Å². The third-order valence-corrected chi connectivity index (χ3v) is 5.73. The number of carbonyl (C=O) groups excluding carboxylic acids is 2. The van der Waals surface area contributed by atoms with Crippen molar-refractivity contribution in [3.63, 3.8) is 0 Å². The van der Waals surface area contributed by atoms with Gasteiger partial charge < -0.3 is 14.8 Å². The highest BCUT2D eigenvalue weighted by atomic mass is 16.5. The van der Waals surface area contributed by atoms with Crippen LogP contribution in [0.15, 0.2) is 72.8 Å². The molecular formula is C28H27N3O4. The lowest BCUT2D eigenvalue weighted by Crippen LogP contribution is -2.22. The minimum Gasteiger partial charge on any atom is -0.497 e. The summed E-state index contributed by atoms with van der Waals surface area (Å²) in [7, 11) is 1.52. The highest BCUT2D eigenvalue weighted by Crippen LogP contribution is 2.29. The van der Waals surface area contributed by atoms with Crippen LogP contribution in [0.5, 0.6) is 5.75 Å². The number of anilines is 1. The lowest BCUT2D eigenvalue weighted by Gasteiger charge is -2.09. The number of methoxy groups -OCH3 is 1. The van der Waals surface area contributed by atoms with E-state index < -0.39 is 18.5 Å². The molecular weight excluding hydrogens is 442 g/mol. The molecule has 0 atom stereocenters. The zero-order chi connectivity index (χ0) is 24.9. The Kier molecular flexibility index (Phi) is 6.96. The SMILES string of the molecule is COc1cccc(C(=O)OCC(=O)Nc2cc(-c3cc(C)c(C)cc3C)nn2-c2ccccc2)c1. The normalized spacial score (nSPS) is 10.6. The van der Waals surface area contributed by atoms with Gasteiger partial charge in [-0.1, -0.05) is 30.3 Å². The van der Waals surface area contributed by atoms with Crippen LogP contribution in [-0.2, 0) is 9.53 Å². The Morgan fingerprint density at radius 2 is 1.63 bits per heavy atom. The largest absolute Gasteiger partial charge is 0.497 e. The second-order valence-electron chi connectivity index (χ2n) is 8.27. The van der Waals surface area contributed by atoms with E-state index in [2.05, 4.69) is 31.3 Å². The number of hydrogen-bond acceptors (Lipinski definition) is 5. The van der Waals surface area contributed by atoms with E-state index in [1.807, 2.05) is 43.3 Å². The number of aryl methyl sites for hydroxylation is 3. The van der Waals surface area contributed by atoms with Gasteiger partial charge in [0.05, 0.1) is 24.1 Å². The molecule has 0 bridgehead atoms. The Labute approximate surface area is 204 Å². The molecule has 0 aliphatic heterocycles. The average molecular weight is 470 g/mol. The summed E-state index contributed by atoms with van der Waals surface area (Å²) in [6, 6.07) is 22.2. The van der Waals surface area contributed by atoms with Crippen molar-refractivity contribution >= 4 is 17.7 Å². The fourth-order valence-corrected chi connectivity index (χ4v) is 3.75. The molecule has 0 fully saturated rings. The smallest absolute Gasteiger partial charge is 0.338 e. The van der Waals surface area contributed by atoms with Crippen molar-refractivity contribution in [2.24, 2.45) is 0 Å². The summed E-state index contributed by atoms with van der Waals surface area (Å²) in [4.78, 5) is 25.1. The Morgan fingerprint density at radius 1 is 0.886 bits per heavy atom. The summed E-state index contributed by atoms with van der Waals surface area (Å²) in [6.45, 7) is 5.74. The van der Waals surface area contributed by atoms with Gasteiger partial charge in [-0.2, -0.15) is 5.10 Å². The van der Waals surface area contributed by atoms with Gasteiger partial charge in [-0.05, 0) is 73.9 Å². The summed E-state index contributed by atoms with van der Waals surface area (Å²) < 4.78 is 12.0. The summed E-state index contributed by atoms with van der Waals surface area (Å²) >= 11 is 0. The van der Waals surface area contributed by atoms with E-state index in [1.165, 1.54) is 12.7 Å². The molecule has 7 heteroatoms. The van der Waals surface area contributed by atoms with Crippen molar-refractivity contribution in [1.29, 1.82) is 0 Å². The van der Waals surface area contributed by atoms with Crippen molar-refractivity contribution in [2.75, 3.05) is 19.0 Å². The second kappa shape index (κ2) is 10.3. The molecule has 4 aromatic rings. The van der Waals surface area contributed by atoms with Crippen molar-refractivity contribution < 1.29 is 19.1 Å². The van der Waals surface area contributed by atoms with E-state index in [0.29, 0.717) is 17.1 Å². The summed E-state index contributed by atoms with van der Waals surface area (Å²) in [5.41, 5.74) is 6.29. The quantitative estimate of drug-likeness (QED) is 0.373. The molecule has 3 aromatic carbocycles. The summed E-state index contributed by atoms with van der Waals surface area (Å²) in [6.07, 6.45) is 0. The molecule has 0 saturated carbocycles.